The SMILES string of the molecule is CCCN(CC(=O)O)C(=O)C1CC(=O)N(C(C)c2ccccc2)C1. The van der Waals surface area contributed by atoms with E-state index in [1.807, 2.05) is 44.2 Å². The summed E-state index contributed by atoms with van der Waals surface area (Å²) in [6.45, 7) is 4.26. The summed E-state index contributed by atoms with van der Waals surface area (Å²) in [4.78, 5) is 39.0. The van der Waals surface area contributed by atoms with E-state index in [9.17, 15) is 14.4 Å². The van der Waals surface area contributed by atoms with E-state index in [2.05, 4.69) is 0 Å². The van der Waals surface area contributed by atoms with E-state index < -0.39 is 11.9 Å². The topological polar surface area (TPSA) is 77.9 Å². The molecule has 6 heteroatoms. The Morgan fingerprint density at radius 3 is 2.58 bits per heavy atom. The van der Waals surface area contributed by atoms with Crippen molar-refractivity contribution in [1.29, 1.82) is 0 Å². The first-order valence-corrected chi connectivity index (χ1v) is 8.29. The molecule has 0 spiro atoms. The van der Waals surface area contributed by atoms with Gasteiger partial charge in [-0.3, -0.25) is 14.4 Å². The Morgan fingerprint density at radius 1 is 1.33 bits per heavy atom. The predicted molar refractivity (Wildman–Crippen MR) is 89.2 cm³/mol. The summed E-state index contributed by atoms with van der Waals surface area (Å²) in [6, 6.07) is 9.58. The molecule has 1 fully saturated rings. The molecule has 6 nitrogen and oxygen atoms in total. The minimum atomic E-state index is -1.03. The van der Waals surface area contributed by atoms with Crippen LogP contribution in [0.4, 0.5) is 0 Å². The number of aliphatic carboxylic acids is 1. The second kappa shape index (κ2) is 7.95. The molecule has 0 saturated carbocycles. The molecule has 2 atom stereocenters. The second-order valence-electron chi connectivity index (χ2n) is 6.19. The molecule has 1 heterocycles. The van der Waals surface area contributed by atoms with Crippen molar-refractivity contribution in [1.82, 2.24) is 9.80 Å². The molecule has 1 N–H and O–H groups in total. The van der Waals surface area contributed by atoms with Gasteiger partial charge in [-0.05, 0) is 18.9 Å². The molecule has 2 amide bonds. The van der Waals surface area contributed by atoms with Crippen LogP contribution < -0.4 is 0 Å². The van der Waals surface area contributed by atoms with E-state index in [4.69, 9.17) is 5.11 Å². The highest BCUT2D eigenvalue weighted by atomic mass is 16.4. The zero-order valence-electron chi connectivity index (χ0n) is 14.1. The van der Waals surface area contributed by atoms with Gasteiger partial charge in [-0.25, -0.2) is 0 Å². The number of carboxylic acid groups (broad SMARTS) is 1. The Hall–Kier alpha value is -2.37. The first-order chi connectivity index (χ1) is 11.4. The van der Waals surface area contributed by atoms with Crippen LogP contribution in [0.2, 0.25) is 0 Å². The quantitative estimate of drug-likeness (QED) is 0.827. The molecule has 130 valence electrons. The molecule has 24 heavy (non-hydrogen) atoms. The van der Waals surface area contributed by atoms with Gasteiger partial charge in [0.15, 0.2) is 0 Å². The summed E-state index contributed by atoms with van der Waals surface area (Å²) in [6.07, 6.45) is 0.833. The average molecular weight is 332 g/mol. The van der Waals surface area contributed by atoms with Gasteiger partial charge in [-0.15, -0.1) is 0 Å². The van der Waals surface area contributed by atoms with Gasteiger partial charge in [0.25, 0.3) is 0 Å². The monoisotopic (exact) mass is 332 g/mol. The summed E-state index contributed by atoms with van der Waals surface area (Å²) in [5.41, 5.74) is 1.02. The minimum absolute atomic E-state index is 0.0588. The van der Waals surface area contributed by atoms with Crippen molar-refractivity contribution in [3.8, 4) is 0 Å². The molecule has 1 aromatic carbocycles. The third-order valence-electron chi connectivity index (χ3n) is 4.39. The first kappa shape index (κ1) is 18.0. The number of benzene rings is 1. The van der Waals surface area contributed by atoms with Crippen molar-refractivity contribution in [2.24, 2.45) is 5.92 Å². The Morgan fingerprint density at radius 2 is 2.00 bits per heavy atom. The molecule has 0 aliphatic carbocycles. The fourth-order valence-corrected chi connectivity index (χ4v) is 3.14. The van der Waals surface area contributed by atoms with E-state index in [0.717, 1.165) is 5.56 Å². The third kappa shape index (κ3) is 4.13. The standard InChI is InChI=1S/C18H24N2O4/c1-3-9-19(12-17(22)23)18(24)15-10-16(21)20(11-15)13(2)14-7-5-4-6-8-14/h4-8,13,15H,3,9-12H2,1-2H3,(H,22,23). The van der Waals surface area contributed by atoms with Gasteiger partial charge in [0, 0.05) is 19.5 Å². The smallest absolute Gasteiger partial charge is 0.323 e. The van der Waals surface area contributed by atoms with E-state index in [-0.39, 0.29) is 30.8 Å². The van der Waals surface area contributed by atoms with E-state index >= 15 is 0 Å². The van der Waals surface area contributed by atoms with Gasteiger partial charge in [-0.1, -0.05) is 37.3 Å². The largest absolute Gasteiger partial charge is 0.480 e. The van der Waals surface area contributed by atoms with Gasteiger partial charge in [-0.2, -0.15) is 0 Å². The highest BCUT2D eigenvalue weighted by Crippen LogP contribution is 2.29. The lowest BCUT2D eigenvalue weighted by Crippen LogP contribution is -2.41. The van der Waals surface area contributed by atoms with Crippen LogP contribution in [-0.4, -0.2) is 52.3 Å². The molecule has 1 aliphatic rings. The normalized spacial score (nSPS) is 18.5. The van der Waals surface area contributed by atoms with E-state index in [0.29, 0.717) is 19.5 Å². The van der Waals surface area contributed by atoms with E-state index in [1.165, 1.54) is 4.90 Å². The Labute approximate surface area is 142 Å². The molecule has 2 unspecified atom stereocenters. The molecule has 0 aromatic heterocycles. The summed E-state index contributed by atoms with van der Waals surface area (Å²) in [7, 11) is 0. The first-order valence-electron chi connectivity index (χ1n) is 8.29. The van der Waals surface area contributed by atoms with E-state index in [1.54, 1.807) is 4.90 Å². The summed E-state index contributed by atoms with van der Waals surface area (Å²) in [5, 5.41) is 8.97. The fourth-order valence-electron chi connectivity index (χ4n) is 3.14. The van der Waals surface area contributed by atoms with Crippen LogP contribution in [0.5, 0.6) is 0 Å². The highest BCUT2D eigenvalue weighted by Gasteiger charge is 2.38. The highest BCUT2D eigenvalue weighted by molar-refractivity contribution is 5.90. The lowest BCUT2D eigenvalue weighted by molar-refractivity contribution is -0.146. The van der Waals surface area contributed by atoms with Crippen LogP contribution in [0, 0.1) is 5.92 Å². The number of carbonyl (C=O) groups excluding carboxylic acids is 2. The van der Waals surface area contributed by atoms with Gasteiger partial charge < -0.3 is 14.9 Å². The van der Waals surface area contributed by atoms with Crippen LogP contribution >= 0.6 is 0 Å². The predicted octanol–water partition coefficient (Wildman–Crippen LogP) is 1.92. The lowest BCUT2D eigenvalue weighted by Gasteiger charge is -2.26. The number of hydrogen-bond acceptors (Lipinski definition) is 3. The molecular weight excluding hydrogens is 308 g/mol. The average Bonchev–Trinajstić information content (AvgIpc) is 2.95. The Kier molecular flexibility index (Phi) is 5.95. The van der Waals surface area contributed by atoms with Crippen LogP contribution in [0.15, 0.2) is 30.3 Å². The Bertz CT molecular complexity index is 602. The van der Waals surface area contributed by atoms with Crippen molar-refractivity contribution < 1.29 is 19.5 Å². The van der Waals surface area contributed by atoms with Crippen molar-refractivity contribution in [2.45, 2.75) is 32.7 Å². The fraction of sp³-hybridized carbons (Fsp3) is 0.500. The number of rotatable bonds is 7. The summed E-state index contributed by atoms with van der Waals surface area (Å²) >= 11 is 0. The van der Waals surface area contributed by atoms with Crippen molar-refractivity contribution in [2.75, 3.05) is 19.6 Å². The van der Waals surface area contributed by atoms with Crippen LogP contribution in [0.25, 0.3) is 0 Å². The lowest BCUT2D eigenvalue weighted by atomic mass is 10.1. The maximum Gasteiger partial charge on any atom is 0.323 e. The molecule has 1 aliphatic heterocycles. The van der Waals surface area contributed by atoms with Crippen molar-refractivity contribution >= 4 is 17.8 Å². The van der Waals surface area contributed by atoms with Gasteiger partial charge >= 0.3 is 5.97 Å². The molecule has 1 saturated heterocycles. The molecule has 0 bridgehead atoms. The van der Waals surface area contributed by atoms with Crippen LogP contribution in [0.3, 0.4) is 0 Å². The van der Waals surface area contributed by atoms with Gasteiger partial charge in [0.1, 0.15) is 6.54 Å². The second-order valence-corrected chi connectivity index (χ2v) is 6.19. The van der Waals surface area contributed by atoms with Crippen LogP contribution in [0.1, 0.15) is 38.3 Å². The zero-order valence-corrected chi connectivity index (χ0v) is 14.1. The maximum atomic E-state index is 12.6. The molecule has 2 rings (SSSR count). The molecule has 1 aromatic rings. The number of likely N-dealkylation sites (tertiary alicyclic amines) is 1. The summed E-state index contributed by atoms with van der Waals surface area (Å²) < 4.78 is 0. The number of hydrogen-bond donors (Lipinski definition) is 1. The number of carbonyl (C=O) groups is 3. The van der Waals surface area contributed by atoms with Gasteiger partial charge in [0.2, 0.25) is 11.8 Å². The number of carboxylic acids is 1. The Balaban J connectivity index is 2.07. The summed E-state index contributed by atoms with van der Waals surface area (Å²) in [5.74, 6) is -1.79. The molecular formula is C18H24N2O4. The van der Waals surface area contributed by atoms with Crippen molar-refractivity contribution in [3.63, 3.8) is 0 Å². The number of amides is 2. The maximum absolute atomic E-state index is 12.6. The van der Waals surface area contributed by atoms with Crippen LogP contribution in [-0.2, 0) is 14.4 Å². The third-order valence-corrected chi connectivity index (χ3v) is 4.39. The zero-order chi connectivity index (χ0) is 17.7. The number of nitrogens with zero attached hydrogens (tertiary/aromatic N) is 2. The molecule has 0 radical (unpaired) electrons. The van der Waals surface area contributed by atoms with Crippen molar-refractivity contribution in [3.05, 3.63) is 35.9 Å². The minimum Gasteiger partial charge on any atom is -0.480 e. The van der Waals surface area contributed by atoms with Gasteiger partial charge in [0.05, 0.1) is 12.0 Å².